The fraction of sp³-hybridized carbons (Fsp3) is 0.500. The van der Waals surface area contributed by atoms with Gasteiger partial charge in [0.15, 0.2) is 0 Å². The quantitative estimate of drug-likeness (QED) is 0.862. The van der Waals surface area contributed by atoms with E-state index in [9.17, 15) is 14.7 Å². The normalized spacial score (nSPS) is 22.2. The first-order chi connectivity index (χ1) is 9.74. The molecule has 1 saturated heterocycles. The second-order valence-corrected chi connectivity index (χ2v) is 5.98. The molecule has 0 aromatic carbocycles. The highest BCUT2D eigenvalue weighted by molar-refractivity contribution is 6.31. The van der Waals surface area contributed by atoms with Gasteiger partial charge in [0.25, 0.3) is 0 Å². The van der Waals surface area contributed by atoms with Gasteiger partial charge in [-0.15, -0.1) is 0 Å². The van der Waals surface area contributed by atoms with Crippen molar-refractivity contribution < 1.29 is 14.7 Å². The first-order valence-corrected chi connectivity index (χ1v) is 7.02. The van der Waals surface area contributed by atoms with Crippen molar-refractivity contribution in [2.24, 2.45) is 12.5 Å². The zero-order chi connectivity index (χ0) is 15.8. The third-order valence-electron chi connectivity index (χ3n) is 3.89. The van der Waals surface area contributed by atoms with Gasteiger partial charge in [-0.3, -0.25) is 14.3 Å². The van der Waals surface area contributed by atoms with Gasteiger partial charge in [-0.1, -0.05) is 11.6 Å². The molecule has 1 aliphatic heterocycles. The van der Waals surface area contributed by atoms with Crippen molar-refractivity contribution in [3.63, 3.8) is 0 Å². The zero-order valence-corrected chi connectivity index (χ0v) is 13.0. The Morgan fingerprint density at radius 3 is 2.62 bits per heavy atom. The topological polar surface area (TPSA) is 75.4 Å². The first kappa shape index (κ1) is 15.6. The minimum atomic E-state index is -0.868. The SMILES string of the molecule is Cc1nn(C)c(Cl)c1/C=C\C(=O)N1CC[C@@](C)(C(=O)O)C1. The molecule has 1 aromatic heterocycles. The van der Waals surface area contributed by atoms with Gasteiger partial charge in [-0.05, 0) is 26.3 Å². The predicted octanol–water partition coefficient (Wildman–Crippen LogP) is 1.72. The monoisotopic (exact) mass is 311 g/mol. The maximum Gasteiger partial charge on any atom is 0.311 e. The molecular formula is C14H18ClN3O3. The number of hydrogen-bond acceptors (Lipinski definition) is 3. The van der Waals surface area contributed by atoms with Crippen molar-refractivity contribution >= 4 is 29.6 Å². The molecule has 0 spiro atoms. The average molecular weight is 312 g/mol. The molecule has 0 saturated carbocycles. The lowest BCUT2D eigenvalue weighted by Gasteiger charge is -2.18. The molecule has 1 fully saturated rings. The smallest absolute Gasteiger partial charge is 0.311 e. The predicted molar refractivity (Wildman–Crippen MR) is 78.9 cm³/mol. The van der Waals surface area contributed by atoms with Crippen LogP contribution >= 0.6 is 11.6 Å². The molecule has 0 bridgehead atoms. The molecule has 1 aromatic rings. The van der Waals surface area contributed by atoms with E-state index in [-0.39, 0.29) is 12.5 Å². The largest absolute Gasteiger partial charge is 0.481 e. The Hall–Kier alpha value is -1.82. The van der Waals surface area contributed by atoms with Crippen molar-refractivity contribution in [2.75, 3.05) is 13.1 Å². The third kappa shape index (κ3) is 2.95. The van der Waals surface area contributed by atoms with Crippen LogP contribution in [0.5, 0.6) is 0 Å². The Labute approximate surface area is 128 Å². The highest BCUT2D eigenvalue weighted by atomic mass is 35.5. The highest BCUT2D eigenvalue weighted by Gasteiger charge is 2.41. The van der Waals surface area contributed by atoms with Crippen LogP contribution < -0.4 is 0 Å². The summed E-state index contributed by atoms with van der Waals surface area (Å²) in [5, 5.41) is 13.8. The van der Waals surface area contributed by atoms with Crippen LogP contribution in [0.3, 0.4) is 0 Å². The fourth-order valence-corrected chi connectivity index (χ4v) is 2.66. The van der Waals surface area contributed by atoms with Crippen molar-refractivity contribution in [2.45, 2.75) is 20.3 Å². The summed E-state index contributed by atoms with van der Waals surface area (Å²) in [6.07, 6.45) is 3.52. The number of amides is 1. The van der Waals surface area contributed by atoms with E-state index in [4.69, 9.17) is 11.6 Å². The van der Waals surface area contributed by atoms with E-state index in [0.29, 0.717) is 23.7 Å². The molecule has 1 atom stereocenters. The van der Waals surface area contributed by atoms with Gasteiger partial charge in [-0.2, -0.15) is 5.10 Å². The Morgan fingerprint density at radius 1 is 1.48 bits per heavy atom. The number of aryl methyl sites for hydroxylation is 2. The summed E-state index contributed by atoms with van der Waals surface area (Å²) < 4.78 is 1.54. The van der Waals surface area contributed by atoms with E-state index >= 15 is 0 Å². The van der Waals surface area contributed by atoms with Crippen LogP contribution in [0.2, 0.25) is 5.15 Å². The number of aliphatic carboxylic acids is 1. The molecule has 6 nitrogen and oxygen atoms in total. The van der Waals surface area contributed by atoms with Crippen molar-refractivity contribution in [3.8, 4) is 0 Å². The third-order valence-corrected chi connectivity index (χ3v) is 4.34. The van der Waals surface area contributed by atoms with E-state index < -0.39 is 11.4 Å². The van der Waals surface area contributed by atoms with E-state index in [0.717, 1.165) is 5.69 Å². The molecule has 0 unspecified atom stereocenters. The van der Waals surface area contributed by atoms with Crippen LogP contribution in [0, 0.1) is 12.3 Å². The molecule has 1 aliphatic rings. The summed E-state index contributed by atoms with van der Waals surface area (Å²) in [7, 11) is 1.73. The Balaban J connectivity index is 2.09. The Kier molecular flexibility index (Phi) is 4.09. The second-order valence-electron chi connectivity index (χ2n) is 5.62. The first-order valence-electron chi connectivity index (χ1n) is 6.64. The Morgan fingerprint density at radius 2 is 2.14 bits per heavy atom. The molecule has 2 heterocycles. The number of hydrogen-bond donors (Lipinski definition) is 1. The standard InChI is InChI=1S/C14H18ClN3O3/c1-9-10(12(15)17(3)16-9)4-5-11(19)18-7-6-14(2,8-18)13(20)21/h4-5H,6-8H2,1-3H3,(H,20,21)/b5-4-/t14-/m1/s1. The van der Waals surface area contributed by atoms with Gasteiger partial charge in [0.2, 0.25) is 5.91 Å². The Bertz CT molecular complexity index is 623. The molecule has 1 N–H and O–H groups in total. The molecule has 1 amide bonds. The number of aromatic nitrogens is 2. The van der Waals surface area contributed by atoms with Gasteiger partial charge in [0.1, 0.15) is 5.15 Å². The summed E-state index contributed by atoms with van der Waals surface area (Å²) in [5.74, 6) is -1.08. The number of carbonyl (C=O) groups excluding carboxylic acids is 1. The van der Waals surface area contributed by atoms with Gasteiger partial charge in [0.05, 0.1) is 11.1 Å². The van der Waals surface area contributed by atoms with Crippen molar-refractivity contribution in [1.82, 2.24) is 14.7 Å². The van der Waals surface area contributed by atoms with Crippen molar-refractivity contribution in [1.29, 1.82) is 0 Å². The molecule has 21 heavy (non-hydrogen) atoms. The van der Waals surface area contributed by atoms with Gasteiger partial charge >= 0.3 is 5.97 Å². The van der Waals surface area contributed by atoms with Crippen LogP contribution in [0.4, 0.5) is 0 Å². The number of rotatable bonds is 3. The lowest BCUT2D eigenvalue weighted by atomic mass is 9.90. The van der Waals surface area contributed by atoms with Crippen LogP contribution in [0.15, 0.2) is 6.08 Å². The summed E-state index contributed by atoms with van der Waals surface area (Å²) in [4.78, 5) is 24.9. The average Bonchev–Trinajstić information content (AvgIpc) is 2.91. The van der Waals surface area contributed by atoms with Gasteiger partial charge in [0, 0.05) is 31.8 Å². The number of likely N-dealkylation sites (tertiary alicyclic amines) is 1. The molecule has 2 rings (SSSR count). The van der Waals surface area contributed by atoms with E-state index in [1.165, 1.54) is 6.08 Å². The highest BCUT2D eigenvalue weighted by Crippen LogP contribution is 2.30. The maximum absolute atomic E-state index is 12.1. The fourth-order valence-electron chi connectivity index (χ4n) is 2.42. The number of nitrogens with zero attached hydrogens (tertiary/aromatic N) is 3. The molecule has 7 heteroatoms. The number of carboxylic acid groups (broad SMARTS) is 1. The molecule has 0 radical (unpaired) electrons. The van der Waals surface area contributed by atoms with Crippen molar-refractivity contribution in [3.05, 3.63) is 22.5 Å². The lowest BCUT2D eigenvalue weighted by Crippen LogP contribution is -2.34. The number of halogens is 1. The van der Waals surface area contributed by atoms with Crippen LogP contribution in [-0.4, -0.2) is 44.8 Å². The molecule has 114 valence electrons. The summed E-state index contributed by atoms with van der Waals surface area (Å²) in [6, 6.07) is 0. The summed E-state index contributed by atoms with van der Waals surface area (Å²) in [5.41, 5.74) is 0.585. The lowest BCUT2D eigenvalue weighted by molar-refractivity contribution is -0.147. The molecular weight excluding hydrogens is 294 g/mol. The van der Waals surface area contributed by atoms with Crippen LogP contribution in [0.1, 0.15) is 24.6 Å². The van der Waals surface area contributed by atoms with E-state index in [2.05, 4.69) is 5.10 Å². The van der Waals surface area contributed by atoms with E-state index in [1.807, 2.05) is 6.92 Å². The van der Waals surface area contributed by atoms with Crippen LogP contribution in [0.25, 0.3) is 6.08 Å². The second kappa shape index (κ2) is 5.52. The minimum absolute atomic E-state index is 0.209. The van der Waals surface area contributed by atoms with Crippen LogP contribution in [-0.2, 0) is 16.6 Å². The molecule has 0 aliphatic carbocycles. The maximum atomic E-state index is 12.1. The minimum Gasteiger partial charge on any atom is -0.481 e. The number of carboxylic acids is 1. The zero-order valence-electron chi connectivity index (χ0n) is 12.3. The number of carbonyl (C=O) groups is 2. The van der Waals surface area contributed by atoms with E-state index in [1.54, 1.807) is 29.6 Å². The summed E-state index contributed by atoms with van der Waals surface area (Å²) >= 11 is 6.09. The van der Waals surface area contributed by atoms with Gasteiger partial charge in [-0.25, -0.2) is 0 Å². The van der Waals surface area contributed by atoms with Gasteiger partial charge < -0.3 is 10.0 Å². The summed E-state index contributed by atoms with van der Waals surface area (Å²) in [6.45, 7) is 4.15.